The Morgan fingerprint density at radius 2 is 1.74 bits per heavy atom. The average molecular weight is 246 g/mol. The number of carboxylic acids is 1. The van der Waals surface area contributed by atoms with E-state index in [1.165, 1.54) is 12.1 Å². The second-order valence-corrected chi connectivity index (χ2v) is 3.83. The topological polar surface area (TPSA) is 37.3 Å². The molecule has 2 rings (SSSR count). The van der Waals surface area contributed by atoms with Crippen LogP contribution in [0.2, 0.25) is 0 Å². The summed E-state index contributed by atoms with van der Waals surface area (Å²) in [6.45, 7) is 0. The Bertz CT molecular complexity index is 710. The number of hydrogen-bond acceptors (Lipinski definition) is 1. The van der Waals surface area contributed by atoms with Crippen molar-refractivity contribution in [3.8, 4) is 24.2 Å². The van der Waals surface area contributed by atoms with Crippen molar-refractivity contribution in [2.75, 3.05) is 0 Å². The smallest absolute Gasteiger partial charge is 0.335 e. The molecule has 2 nitrogen and oxygen atoms in total. The molecule has 0 unspecified atom stereocenters. The molecule has 0 aliphatic rings. The lowest BCUT2D eigenvalue weighted by molar-refractivity contribution is 0.0697. The van der Waals surface area contributed by atoms with Crippen molar-refractivity contribution >= 4 is 5.97 Å². The number of rotatable bonds is 1. The highest BCUT2D eigenvalue weighted by molar-refractivity contribution is 5.88. The first-order valence-electron chi connectivity index (χ1n) is 5.62. The largest absolute Gasteiger partial charge is 0.478 e. The normalized spacial score (nSPS) is 9.00. The van der Waals surface area contributed by atoms with Crippen LogP contribution in [-0.2, 0) is 0 Å². The van der Waals surface area contributed by atoms with Gasteiger partial charge in [0, 0.05) is 16.7 Å². The molecule has 0 saturated heterocycles. The minimum atomic E-state index is -0.994. The fraction of sp³-hybridized carbons (Fsp3) is 0. The van der Waals surface area contributed by atoms with Crippen molar-refractivity contribution in [3.05, 3.63) is 70.8 Å². The Morgan fingerprint density at radius 1 is 1.00 bits per heavy atom. The maximum absolute atomic E-state index is 10.9. The van der Waals surface area contributed by atoms with Crippen molar-refractivity contribution in [2.24, 2.45) is 0 Å². The summed E-state index contributed by atoms with van der Waals surface area (Å²) in [5, 5.41) is 8.96. The maximum Gasteiger partial charge on any atom is 0.335 e. The van der Waals surface area contributed by atoms with Crippen LogP contribution >= 0.6 is 0 Å². The Hall–Kier alpha value is -2.97. The zero-order valence-electron chi connectivity index (χ0n) is 10.1. The zero-order chi connectivity index (χ0) is 13.7. The minimum absolute atomic E-state index is 0.177. The lowest BCUT2D eigenvalue weighted by atomic mass is 10.0. The van der Waals surface area contributed by atoms with Crippen LogP contribution in [0.5, 0.6) is 0 Å². The van der Waals surface area contributed by atoms with E-state index in [0.29, 0.717) is 11.1 Å². The molecule has 2 aromatic carbocycles. The van der Waals surface area contributed by atoms with E-state index in [9.17, 15) is 4.79 Å². The third-order valence-corrected chi connectivity index (χ3v) is 2.54. The third kappa shape index (κ3) is 3.03. The van der Waals surface area contributed by atoms with E-state index < -0.39 is 5.97 Å². The molecule has 0 saturated carbocycles. The van der Waals surface area contributed by atoms with Gasteiger partial charge in [-0.2, -0.15) is 0 Å². The van der Waals surface area contributed by atoms with Crippen LogP contribution in [0.15, 0.2) is 48.5 Å². The molecule has 0 aromatic heterocycles. The van der Waals surface area contributed by atoms with Crippen LogP contribution in [0.4, 0.5) is 0 Å². The molecular formula is C17H10O2. The van der Waals surface area contributed by atoms with Crippen LogP contribution in [0.25, 0.3) is 0 Å². The van der Waals surface area contributed by atoms with Gasteiger partial charge in [0.2, 0.25) is 0 Å². The first-order valence-corrected chi connectivity index (χ1v) is 5.62. The van der Waals surface area contributed by atoms with Gasteiger partial charge in [-0.3, -0.25) is 0 Å². The number of benzene rings is 2. The van der Waals surface area contributed by atoms with Gasteiger partial charge in [-0.15, -0.1) is 6.42 Å². The van der Waals surface area contributed by atoms with Gasteiger partial charge < -0.3 is 5.11 Å². The fourth-order valence-electron chi connectivity index (χ4n) is 1.57. The lowest BCUT2D eigenvalue weighted by Gasteiger charge is -1.99. The van der Waals surface area contributed by atoms with E-state index in [1.54, 1.807) is 6.07 Å². The van der Waals surface area contributed by atoms with Crippen molar-refractivity contribution in [2.45, 2.75) is 0 Å². The van der Waals surface area contributed by atoms with Gasteiger partial charge in [0.25, 0.3) is 0 Å². The predicted molar refractivity (Wildman–Crippen MR) is 73.8 cm³/mol. The highest BCUT2D eigenvalue weighted by Gasteiger charge is 2.05. The molecule has 0 spiro atoms. The molecule has 2 heteroatoms. The van der Waals surface area contributed by atoms with E-state index in [1.807, 2.05) is 30.3 Å². The first-order chi connectivity index (χ1) is 9.20. The number of hydrogen-bond donors (Lipinski definition) is 1. The van der Waals surface area contributed by atoms with Crippen LogP contribution < -0.4 is 0 Å². The van der Waals surface area contributed by atoms with E-state index in [0.717, 1.165) is 5.56 Å². The molecule has 90 valence electrons. The molecule has 0 amide bonds. The second kappa shape index (κ2) is 5.58. The minimum Gasteiger partial charge on any atom is -0.478 e. The Balaban J connectivity index is 2.45. The number of terminal acetylenes is 1. The van der Waals surface area contributed by atoms with E-state index in [-0.39, 0.29) is 5.56 Å². The molecule has 2 aromatic rings. The molecule has 0 heterocycles. The van der Waals surface area contributed by atoms with Crippen LogP contribution in [0, 0.1) is 24.2 Å². The van der Waals surface area contributed by atoms with E-state index in [2.05, 4.69) is 17.8 Å². The number of carbonyl (C=O) groups is 1. The van der Waals surface area contributed by atoms with Gasteiger partial charge in [-0.05, 0) is 30.3 Å². The molecule has 0 bridgehead atoms. The third-order valence-electron chi connectivity index (χ3n) is 2.54. The monoisotopic (exact) mass is 246 g/mol. The molecule has 19 heavy (non-hydrogen) atoms. The van der Waals surface area contributed by atoms with Gasteiger partial charge in [-0.1, -0.05) is 36.0 Å². The van der Waals surface area contributed by atoms with Crippen LogP contribution in [-0.4, -0.2) is 11.1 Å². The molecule has 0 fully saturated rings. The summed E-state index contributed by atoms with van der Waals surface area (Å²) in [7, 11) is 0. The van der Waals surface area contributed by atoms with Crippen molar-refractivity contribution in [1.82, 2.24) is 0 Å². The van der Waals surface area contributed by atoms with Gasteiger partial charge >= 0.3 is 5.97 Å². The Labute approximate surface area is 111 Å². The summed E-state index contributed by atoms with van der Waals surface area (Å²) in [6.07, 6.45) is 5.38. The Kier molecular flexibility index (Phi) is 3.67. The van der Waals surface area contributed by atoms with Gasteiger partial charge in [0.05, 0.1) is 5.56 Å². The molecule has 0 aliphatic carbocycles. The molecule has 0 radical (unpaired) electrons. The van der Waals surface area contributed by atoms with Crippen molar-refractivity contribution in [1.29, 1.82) is 0 Å². The van der Waals surface area contributed by atoms with E-state index >= 15 is 0 Å². The van der Waals surface area contributed by atoms with Crippen molar-refractivity contribution in [3.63, 3.8) is 0 Å². The molecular weight excluding hydrogens is 236 g/mol. The molecule has 0 atom stereocenters. The summed E-state index contributed by atoms with van der Waals surface area (Å²) < 4.78 is 0. The van der Waals surface area contributed by atoms with Crippen LogP contribution in [0.1, 0.15) is 27.0 Å². The van der Waals surface area contributed by atoms with Crippen molar-refractivity contribution < 1.29 is 9.90 Å². The van der Waals surface area contributed by atoms with Gasteiger partial charge in [0.1, 0.15) is 0 Å². The highest BCUT2D eigenvalue weighted by Crippen LogP contribution is 2.11. The maximum atomic E-state index is 10.9. The van der Waals surface area contributed by atoms with Gasteiger partial charge in [0.15, 0.2) is 0 Å². The number of aromatic carboxylic acids is 1. The summed E-state index contributed by atoms with van der Waals surface area (Å²) in [5.41, 5.74) is 2.17. The fourth-order valence-corrected chi connectivity index (χ4v) is 1.57. The molecule has 1 N–H and O–H groups in total. The van der Waals surface area contributed by atoms with Gasteiger partial charge in [-0.25, -0.2) is 4.79 Å². The summed E-state index contributed by atoms with van der Waals surface area (Å²) in [5.74, 6) is 7.39. The summed E-state index contributed by atoms with van der Waals surface area (Å²) in [6, 6.07) is 14.0. The van der Waals surface area contributed by atoms with Crippen LogP contribution in [0.3, 0.4) is 0 Å². The standard InChI is InChI=1S/C17H10O2/c1-2-14-10-11-16(17(18)19)12-15(14)9-8-13-6-4-3-5-7-13/h1,3-7,10-12H,(H,18,19). The second-order valence-electron chi connectivity index (χ2n) is 3.83. The Morgan fingerprint density at radius 3 is 2.37 bits per heavy atom. The predicted octanol–water partition coefficient (Wildman–Crippen LogP) is 2.77. The molecule has 0 aliphatic heterocycles. The summed E-state index contributed by atoms with van der Waals surface area (Å²) >= 11 is 0. The zero-order valence-corrected chi connectivity index (χ0v) is 10.1. The highest BCUT2D eigenvalue weighted by atomic mass is 16.4. The number of carboxylic acid groups (broad SMARTS) is 1. The lowest BCUT2D eigenvalue weighted by Crippen LogP contribution is -1.97. The summed E-state index contributed by atoms with van der Waals surface area (Å²) in [4.78, 5) is 10.9. The quantitative estimate of drug-likeness (QED) is 0.785. The van der Waals surface area contributed by atoms with E-state index in [4.69, 9.17) is 11.5 Å². The SMILES string of the molecule is C#Cc1ccc(C(=O)O)cc1C#Cc1ccccc1. The average Bonchev–Trinajstić information content (AvgIpc) is 2.45. The first kappa shape index (κ1) is 12.5.